The average Bonchev–Trinajstić information content (AvgIpc) is 3.39. The molecule has 0 radical (unpaired) electrons. The summed E-state index contributed by atoms with van der Waals surface area (Å²) in [5.74, 6) is 0.753. The fourth-order valence-electron chi connectivity index (χ4n) is 4.98. The van der Waals surface area contributed by atoms with E-state index in [1.807, 2.05) is 72.3 Å². The molecule has 0 spiro atoms. The van der Waals surface area contributed by atoms with E-state index in [0.717, 1.165) is 28.1 Å². The minimum Gasteiger partial charge on any atom is -0.493 e. The first-order valence-corrected chi connectivity index (χ1v) is 11.9. The third-order valence-electron chi connectivity index (χ3n) is 6.56. The van der Waals surface area contributed by atoms with Gasteiger partial charge in [0.1, 0.15) is 11.9 Å². The van der Waals surface area contributed by atoms with E-state index in [2.05, 4.69) is 0 Å². The molecule has 0 N–H and O–H groups in total. The summed E-state index contributed by atoms with van der Waals surface area (Å²) in [6.07, 6.45) is -0.133. The second kappa shape index (κ2) is 7.75. The number of aromatic nitrogens is 1. The quantitative estimate of drug-likeness (QED) is 0.411. The van der Waals surface area contributed by atoms with E-state index in [0.29, 0.717) is 29.2 Å². The van der Waals surface area contributed by atoms with Crippen LogP contribution in [-0.4, -0.2) is 18.8 Å². The molecule has 2 aliphatic rings. The molecule has 0 saturated carbocycles. The Balaban J connectivity index is 1.64. The molecular weight excluding hydrogens is 450 g/mol. The summed E-state index contributed by atoms with van der Waals surface area (Å²) in [4.78, 5) is 14.0. The molecule has 4 heterocycles. The summed E-state index contributed by atoms with van der Waals surface area (Å²) in [6.45, 7) is 1.92. The third kappa shape index (κ3) is 3.01. The molecule has 6 rings (SSSR count). The number of pyridine rings is 1. The van der Waals surface area contributed by atoms with Crippen LogP contribution in [0, 0.1) is 6.92 Å². The first kappa shape index (κ1) is 21.0. The molecule has 34 heavy (non-hydrogen) atoms. The van der Waals surface area contributed by atoms with Crippen LogP contribution in [0.3, 0.4) is 0 Å². The van der Waals surface area contributed by atoms with Gasteiger partial charge in [-0.1, -0.05) is 18.2 Å². The lowest BCUT2D eigenvalue weighted by atomic mass is 9.85. The molecule has 0 saturated heterocycles. The number of nitrogens with zero attached hydrogens (tertiary/aromatic N) is 1. The Labute approximate surface area is 200 Å². The van der Waals surface area contributed by atoms with Crippen molar-refractivity contribution in [1.29, 1.82) is 0 Å². The SMILES string of the molecule is COc1cc2c(cc1OC)[C@@H]1O[C@](c3ccsc3)(C2)Oc2cc(C)n(-c3ccccc3)c(=O)c21. The fraction of sp³-hybridized carbons (Fsp3) is 0.222. The first-order chi connectivity index (χ1) is 16.5. The van der Waals surface area contributed by atoms with Crippen LogP contribution in [0.4, 0.5) is 0 Å². The zero-order chi connectivity index (χ0) is 23.4. The summed E-state index contributed by atoms with van der Waals surface area (Å²) >= 11 is 1.58. The number of thiophene rings is 1. The van der Waals surface area contributed by atoms with Crippen LogP contribution in [0.25, 0.3) is 5.69 Å². The summed E-state index contributed by atoms with van der Waals surface area (Å²) < 4.78 is 26.1. The summed E-state index contributed by atoms with van der Waals surface area (Å²) in [6, 6.07) is 17.4. The Morgan fingerprint density at radius 1 is 1.06 bits per heavy atom. The Morgan fingerprint density at radius 2 is 1.82 bits per heavy atom. The second-order valence-electron chi connectivity index (χ2n) is 8.49. The largest absolute Gasteiger partial charge is 0.493 e. The Hall–Kier alpha value is -3.55. The lowest BCUT2D eigenvalue weighted by Gasteiger charge is -2.46. The predicted octanol–water partition coefficient (Wildman–Crippen LogP) is 5.13. The van der Waals surface area contributed by atoms with E-state index < -0.39 is 11.9 Å². The molecule has 6 nitrogen and oxygen atoms in total. The van der Waals surface area contributed by atoms with Crippen LogP contribution in [0.2, 0.25) is 0 Å². The van der Waals surface area contributed by atoms with Crippen molar-refractivity contribution in [3.63, 3.8) is 0 Å². The van der Waals surface area contributed by atoms with Gasteiger partial charge >= 0.3 is 0 Å². The van der Waals surface area contributed by atoms with Gasteiger partial charge in [0.25, 0.3) is 5.56 Å². The fourth-order valence-corrected chi connectivity index (χ4v) is 5.69. The van der Waals surface area contributed by atoms with Gasteiger partial charge in [-0.05, 0) is 53.8 Å². The third-order valence-corrected chi connectivity index (χ3v) is 7.25. The van der Waals surface area contributed by atoms with Gasteiger partial charge in [-0.15, -0.1) is 0 Å². The topological polar surface area (TPSA) is 58.9 Å². The highest BCUT2D eigenvalue weighted by Gasteiger charge is 2.50. The van der Waals surface area contributed by atoms with Crippen molar-refractivity contribution in [2.45, 2.75) is 25.2 Å². The minimum atomic E-state index is -1.03. The smallest absolute Gasteiger partial charge is 0.265 e. The monoisotopic (exact) mass is 473 g/mol. The number of benzene rings is 2. The van der Waals surface area contributed by atoms with Gasteiger partial charge in [0.15, 0.2) is 11.5 Å². The molecule has 0 fully saturated rings. The molecule has 2 bridgehead atoms. The zero-order valence-corrected chi connectivity index (χ0v) is 19.8. The van der Waals surface area contributed by atoms with Crippen molar-refractivity contribution in [1.82, 2.24) is 4.57 Å². The average molecular weight is 474 g/mol. The standard InChI is InChI=1S/C27H23NO5S/c1-16-11-23-24(26(29)28(16)19-7-5-4-6-8-19)25-20-13-22(31-3)21(30-2)12-17(20)14-27(32-23,33-25)18-9-10-34-15-18/h4-13,15,25H,14H2,1-3H3/t25-,27-/m0/s1. The maximum absolute atomic E-state index is 14.0. The van der Waals surface area contributed by atoms with E-state index in [9.17, 15) is 4.79 Å². The second-order valence-corrected chi connectivity index (χ2v) is 9.27. The maximum Gasteiger partial charge on any atom is 0.265 e. The summed E-state index contributed by atoms with van der Waals surface area (Å²) in [5, 5.41) is 4.04. The molecule has 172 valence electrons. The van der Waals surface area contributed by atoms with E-state index in [4.69, 9.17) is 18.9 Å². The molecule has 0 amide bonds. The van der Waals surface area contributed by atoms with E-state index >= 15 is 0 Å². The van der Waals surface area contributed by atoms with Gasteiger partial charge in [0, 0.05) is 34.8 Å². The molecule has 0 unspecified atom stereocenters. The molecule has 0 aliphatic carbocycles. The molecule has 2 atom stereocenters. The van der Waals surface area contributed by atoms with Crippen LogP contribution in [-0.2, 0) is 16.9 Å². The van der Waals surface area contributed by atoms with E-state index in [-0.39, 0.29) is 5.56 Å². The lowest BCUT2D eigenvalue weighted by Crippen LogP contribution is -2.48. The van der Waals surface area contributed by atoms with E-state index in [1.165, 1.54) is 0 Å². The molecule has 2 aromatic heterocycles. The van der Waals surface area contributed by atoms with Gasteiger partial charge in [0.2, 0.25) is 5.79 Å². The molecule has 4 aromatic rings. The first-order valence-electron chi connectivity index (χ1n) is 11.0. The Bertz CT molecular complexity index is 1440. The van der Waals surface area contributed by atoms with Crippen molar-refractivity contribution >= 4 is 11.3 Å². The normalized spacial score (nSPS) is 20.1. The van der Waals surface area contributed by atoms with Gasteiger partial charge < -0.3 is 18.9 Å². The maximum atomic E-state index is 14.0. The molecular formula is C27H23NO5S. The van der Waals surface area contributed by atoms with Crippen molar-refractivity contribution in [2.75, 3.05) is 14.2 Å². The highest BCUT2D eigenvalue weighted by Crippen LogP contribution is 2.53. The number of methoxy groups -OCH3 is 2. The van der Waals surface area contributed by atoms with Crippen LogP contribution >= 0.6 is 11.3 Å². The van der Waals surface area contributed by atoms with Crippen LogP contribution in [0.1, 0.15) is 34.1 Å². The number of ether oxygens (including phenoxy) is 4. The van der Waals surface area contributed by atoms with E-state index in [1.54, 1.807) is 30.1 Å². The molecule has 2 aromatic carbocycles. The van der Waals surface area contributed by atoms with Crippen molar-refractivity contribution in [3.05, 3.63) is 104 Å². The highest BCUT2D eigenvalue weighted by molar-refractivity contribution is 7.08. The minimum absolute atomic E-state index is 0.159. The van der Waals surface area contributed by atoms with Gasteiger partial charge in [0.05, 0.1) is 19.8 Å². The number of rotatable bonds is 4. The zero-order valence-electron chi connectivity index (χ0n) is 19.0. The lowest BCUT2D eigenvalue weighted by molar-refractivity contribution is -0.237. The number of hydrogen-bond donors (Lipinski definition) is 0. The molecule has 2 aliphatic heterocycles. The number of para-hydroxylation sites is 1. The number of hydrogen-bond acceptors (Lipinski definition) is 6. The van der Waals surface area contributed by atoms with Crippen LogP contribution in [0.15, 0.2) is 70.2 Å². The van der Waals surface area contributed by atoms with Crippen LogP contribution < -0.4 is 19.8 Å². The Morgan fingerprint density at radius 3 is 2.53 bits per heavy atom. The van der Waals surface area contributed by atoms with Crippen molar-refractivity contribution < 1.29 is 18.9 Å². The van der Waals surface area contributed by atoms with Gasteiger partial charge in [-0.3, -0.25) is 9.36 Å². The predicted molar refractivity (Wildman–Crippen MR) is 130 cm³/mol. The van der Waals surface area contributed by atoms with Crippen LogP contribution in [0.5, 0.6) is 17.2 Å². The molecule has 7 heteroatoms. The van der Waals surface area contributed by atoms with Gasteiger partial charge in [-0.2, -0.15) is 11.3 Å². The van der Waals surface area contributed by atoms with Crippen molar-refractivity contribution in [2.24, 2.45) is 0 Å². The van der Waals surface area contributed by atoms with Gasteiger partial charge in [-0.25, -0.2) is 0 Å². The number of fused-ring (bicyclic) bond motifs is 6. The summed E-state index contributed by atoms with van der Waals surface area (Å²) in [7, 11) is 3.22. The number of aryl methyl sites for hydroxylation is 1. The summed E-state index contributed by atoms with van der Waals surface area (Å²) in [5.41, 5.74) is 4.72. The highest BCUT2D eigenvalue weighted by atomic mass is 32.1. The Kier molecular flexibility index (Phi) is 4.79. The van der Waals surface area contributed by atoms with Crippen molar-refractivity contribution in [3.8, 4) is 22.9 Å².